The van der Waals surface area contributed by atoms with E-state index in [2.05, 4.69) is 245 Å². The Morgan fingerprint density at radius 2 is 0.633 bits per heavy atom. The number of halogens is 3. The summed E-state index contributed by atoms with van der Waals surface area (Å²) in [6.07, 6.45) is -4.67. The average Bonchev–Trinajstić information content (AvgIpc) is 0.790. The Morgan fingerprint density at radius 3 is 1.10 bits per heavy atom. The fourth-order valence-electron chi connectivity index (χ4n) is 14.6. The second-order valence-corrected chi connectivity index (χ2v) is 25.0. The SMILES string of the molecule is FC(F)(F)c1ccc(-n2c3ccccc3c3cc(-c4cc5c6c(c4)N(c4ccc(-c7ccccc7)cc4)c4ccc(-c7ccccc7)cc4B6c4cc(-c6ccccc6)ccc4N5c4ccc(-c5ccccc5)cc4)ccc32)c(-c2nc(-c3ccccc3)nc(-c3ccccc3)n2)c1. The van der Waals surface area contributed by atoms with Gasteiger partial charge in [-0.1, -0.05) is 255 Å². The number of hydrogen-bond donors (Lipinski definition) is 0. The van der Waals surface area contributed by atoms with E-state index < -0.39 is 11.7 Å². The summed E-state index contributed by atoms with van der Waals surface area (Å²) in [5, 5.41) is 1.84. The predicted octanol–water partition coefficient (Wildman–Crippen LogP) is 21.4. The zero-order valence-corrected chi connectivity index (χ0v) is 52.7. The van der Waals surface area contributed by atoms with Crippen LogP contribution >= 0.6 is 0 Å². The van der Waals surface area contributed by atoms with Crippen molar-refractivity contribution in [2.75, 3.05) is 9.80 Å². The third kappa shape index (κ3) is 10.1. The van der Waals surface area contributed by atoms with E-state index in [0.29, 0.717) is 28.5 Å². The average molecular weight is 1270 g/mol. The van der Waals surface area contributed by atoms with Crippen molar-refractivity contribution in [1.82, 2.24) is 19.5 Å². The topological polar surface area (TPSA) is 50.1 Å². The molecule has 18 rings (SSSR count). The third-order valence-corrected chi connectivity index (χ3v) is 19.3. The Kier molecular flexibility index (Phi) is 14.0. The molecule has 10 heteroatoms. The number of alkyl halides is 3. The molecule has 0 aliphatic carbocycles. The zero-order chi connectivity index (χ0) is 65.4. The van der Waals surface area contributed by atoms with Gasteiger partial charge in [0.25, 0.3) is 6.71 Å². The summed E-state index contributed by atoms with van der Waals surface area (Å²) in [7, 11) is 0. The van der Waals surface area contributed by atoms with Gasteiger partial charge in [0.05, 0.1) is 22.3 Å². The number of hydrogen-bond acceptors (Lipinski definition) is 5. The van der Waals surface area contributed by atoms with Gasteiger partial charge >= 0.3 is 6.18 Å². The molecule has 4 heterocycles. The molecule has 0 unspecified atom stereocenters. The lowest BCUT2D eigenvalue weighted by Crippen LogP contribution is -2.61. The first-order valence-corrected chi connectivity index (χ1v) is 32.8. The Labute approximate surface area is 565 Å². The van der Waals surface area contributed by atoms with Crippen molar-refractivity contribution in [3.63, 3.8) is 0 Å². The quantitative estimate of drug-likeness (QED) is 0.121. The van der Waals surface area contributed by atoms with Crippen LogP contribution in [-0.4, -0.2) is 26.2 Å². The first-order chi connectivity index (χ1) is 48.2. The highest BCUT2D eigenvalue weighted by Crippen LogP contribution is 2.49. The van der Waals surface area contributed by atoms with E-state index in [1.165, 1.54) is 22.5 Å². The van der Waals surface area contributed by atoms with E-state index in [1.54, 1.807) is 6.07 Å². The fraction of sp³-hybridized carbons (Fsp3) is 0.0114. The minimum Gasteiger partial charge on any atom is -0.311 e. The predicted molar refractivity (Wildman–Crippen MR) is 397 cm³/mol. The highest BCUT2D eigenvalue weighted by Gasteiger charge is 2.44. The van der Waals surface area contributed by atoms with Crippen molar-refractivity contribution < 1.29 is 13.2 Å². The molecule has 16 aromatic rings. The van der Waals surface area contributed by atoms with Crippen LogP contribution in [0.2, 0.25) is 0 Å². The van der Waals surface area contributed by atoms with Crippen LogP contribution in [0.1, 0.15) is 5.56 Å². The molecule has 2 aliphatic rings. The lowest BCUT2D eigenvalue weighted by atomic mass is 9.33. The number of nitrogens with zero attached hydrogens (tertiary/aromatic N) is 6. The molecule has 0 saturated carbocycles. The summed E-state index contributed by atoms with van der Waals surface area (Å²) >= 11 is 0. The molecule has 2 aromatic heterocycles. The normalized spacial score (nSPS) is 12.4. The molecular formula is C88H56BF3N6. The molecule has 0 fully saturated rings. The molecule has 2 aliphatic heterocycles. The molecule has 98 heavy (non-hydrogen) atoms. The van der Waals surface area contributed by atoms with Crippen molar-refractivity contribution >= 4 is 79.0 Å². The standard InChI is InChI=1S/C88H56BF3N6/c90-88(91,92)69-42-50-79(74(56-69)87-94-85(63-29-15-5-16-30-63)93-86(95-87)64-31-17-6-18-32-64)98-77-34-20-19-33-72(77)73-51-65(39-47-78(73)98)68-54-82-84-83(55-68)97(71-45-37-62(38-46-71)58-23-9-2-10-24-58)81-49-41-67(60-27-13-4-14-28-60)53-76(81)89(84)75-52-66(59-25-11-3-12-26-59)40-48-80(75)96(82)70-43-35-61(36-44-70)57-21-7-1-8-22-57/h1-56H. The van der Waals surface area contributed by atoms with E-state index in [-0.39, 0.29) is 18.1 Å². The Morgan fingerprint density at radius 1 is 0.265 bits per heavy atom. The van der Waals surface area contributed by atoms with Crippen LogP contribution in [0.15, 0.2) is 340 Å². The number of fused-ring (bicyclic) bond motifs is 7. The van der Waals surface area contributed by atoms with Crippen molar-refractivity contribution in [2.24, 2.45) is 0 Å². The van der Waals surface area contributed by atoms with Gasteiger partial charge < -0.3 is 14.4 Å². The van der Waals surface area contributed by atoms with E-state index in [9.17, 15) is 0 Å². The number of para-hydroxylation sites is 1. The molecule has 6 nitrogen and oxygen atoms in total. The summed E-state index contributed by atoms with van der Waals surface area (Å²) in [5.41, 5.74) is 23.6. The van der Waals surface area contributed by atoms with Crippen molar-refractivity contribution in [1.29, 1.82) is 0 Å². The van der Waals surface area contributed by atoms with Gasteiger partial charge in [0.2, 0.25) is 0 Å². The minimum absolute atomic E-state index is 0.108. The molecule has 0 saturated heterocycles. The Hall–Kier alpha value is -12.7. The summed E-state index contributed by atoms with van der Waals surface area (Å²) in [6, 6.07) is 116. The molecular weight excluding hydrogens is 1210 g/mol. The second kappa shape index (κ2) is 23.7. The van der Waals surface area contributed by atoms with Crippen molar-refractivity contribution in [2.45, 2.75) is 6.18 Å². The van der Waals surface area contributed by atoms with Gasteiger partial charge in [-0.15, -0.1) is 0 Å². The van der Waals surface area contributed by atoms with Crippen molar-refractivity contribution in [3.05, 3.63) is 345 Å². The highest BCUT2D eigenvalue weighted by atomic mass is 19.4. The summed E-state index contributed by atoms with van der Waals surface area (Å²) in [5.74, 6) is 0.787. The number of rotatable bonds is 11. The maximum absolute atomic E-state index is 15.2. The van der Waals surface area contributed by atoms with Gasteiger partial charge in [0.1, 0.15) is 0 Å². The second-order valence-electron chi connectivity index (χ2n) is 25.0. The van der Waals surface area contributed by atoms with Crippen LogP contribution in [0.25, 0.3) is 117 Å². The van der Waals surface area contributed by atoms with Gasteiger partial charge in [-0.2, -0.15) is 13.2 Å². The third-order valence-electron chi connectivity index (χ3n) is 19.3. The first kappa shape index (κ1) is 58.0. The van der Waals surface area contributed by atoms with Gasteiger partial charge in [0, 0.05) is 61.6 Å². The number of benzene rings is 14. The molecule has 0 atom stereocenters. The van der Waals surface area contributed by atoms with E-state index in [1.807, 2.05) is 91.0 Å². The fourth-order valence-corrected chi connectivity index (χ4v) is 14.6. The van der Waals surface area contributed by atoms with E-state index in [4.69, 9.17) is 15.0 Å². The molecule has 0 amide bonds. The van der Waals surface area contributed by atoms with Gasteiger partial charge in [0.15, 0.2) is 17.5 Å². The van der Waals surface area contributed by atoms with Crippen LogP contribution in [0.4, 0.5) is 47.3 Å². The maximum atomic E-state index is 15.2. The van der Waals surface area contributed by atoms with Crippen molar-refractivity contribution in [3.8, 4) is 95.5 Å². The lowest BCUT2D eigenvalue weighted by molar-refractivity contribution is -0.137. The minimum atomic E-state index is -4.67. The number of anilines is 6. The summed E-state index contributed by atoms with van der Waals surface area (Å²) in [6.45, 7) is -0.221. The Balaban J connectivity index is 0.884. The molecule has 0 N–H and O–H groups in total. The molecule has 0 spiro atoms. The zero-order valence-electron chi connectivity index (χ0n) is 52.7. The first-order valence-electron chi connectivity index (χ1n) is 32.8. The molecule has 0 radical (unpaired) electrons. The number of aromatic nitrogens is 4. The van der Waals surface area contributed by atoms with E-state index >= 15 is 13.2 Å². The van der Waals surface area contributed by atoms with Crippen LogP contribution in [0.5, 0.6) is 0 Å². The lowest BCUT2D eigenvalue weighted by Gasteiger charge is -2.44. The Bertz CT molecular complexity index is 5460. The van der Waals surface area contributed by atoms with Crippen LogP contribution in [0, 0.1) is 0 Å². The van der Waals surface area contributed by atoms with Crippen LogP contribution in [-0.2, 0) is 6.18 Å². The molecule has 0 bridgehead atoms. The summed E-state index contributed by atoms with van der Waals surface area (Å²) < 4.78 is 47.6. The van der Waals surface area contributed by atoms with Gasteiger partial charge in [-0.05, 0) is 157 Å². The molecule has 14 aromatic carbocycles. The van der Waals surface area contributed by atoms with Crippen LogP contribution in [0.3, 0.4) is 0 Å². The van der Waals surface area contributed by atoms with Gasteiger partial charge in [-0.25, -0.2) is 15.0 Å². The summed E-state index contributed by atoms with van der Waals surface area (Å²) in [4.78, 5) is 19.9. The smallest absolute Gasteiger partial charge is 0.311 e. The monoisotopic (exact) mass is 1260 g/mol. The highest BCUT2D eigenvalue weighted by molar-refractivity contribution is 7.00. The van der Waals surface area contributed by atoms with Gasteiger partial charge in [-0.3, -0.25) is 0 Å². The maximum Gasteiger partial charge on any atom is 0.416 e. The van der Waals surface area contributed by atoms with Crippen LogP contribution < -0.4 is 26.2 Å². The van der Waals surface area contributed by atoms with E-state index in [0.717, 1.165) is 118 Å². The largest absolute Gasteiger partial charge is 0.416 e. The molecule has 462 valence electrons.